The Kier molecular flexibility index (Phi) is 4.77. The number of halogens is 1. The Balaban J connectivity index is 1.90. The number of rotatable bonds is 4. The monoisotopic (exact) mass is 488 g/mol. The molecule has 27 heavy (non-hydrogen) atoms. The zero-order valence-corrected chi connectivity index (χ0v) is 17.6. The maximum atomic E-state index is 13.4. The van der Waals surface area contributed by atoms with E-state index in [0.29, 0.717) is 23.3 Å². The number of para-hydroxylation sites is 2. The minimum atomic E-state index is -3.75. The van der Waals surface area contributed by atoms with Gasteiger partial charge in [0, 0.05) is 9.99 Å². The van der Waals surface area contributed by atoms with Crippen molar-refractivity contribution in [1.29, 1.82) is 0 Å². The van der Waals surface area contributed by atoms with Gasteiger partial charge in [0.25, 0.3) is 10.0 Å². The van der Waals surface area contributed by atoms with Gasteiger partial charge in [0.05, 0.1) is 15.9 Å². The molecule has 0 bridgehead atoms. The molecule has 1 heterocycles. The van der Waals surface area contributed by atoms with Gasteiger partial charge in [-0.1, -0.05) is 42.0 Å². The maximum Gasteiger partial charge on any atom is 0.269 e. The van der Waals surface area contributed by atoms with E-state index in [1.165, 1.54) is 3.97 Å². The van der Waals surface area contributed by atoms with Crippen molar-refractivity contribution in [3.05, 3.63) is 93.3 Å². The molecule has 0 saturated carbocycles. The Bertz CT molecular complexity index is 1210. The van der Waals surface area contributed by atoms with Crippen molar-refractivity contribution in [3.8, 4) is 0 Å². The Labute approximate surface area is 172 Å². The summed E-state index contributed by atoms with van der Waals surface area (Å²) in [4.78, 5) is 4.89. The smallest absolute Gasteiger partial charge is 0.232 e. The molecule has 0 amide bonds. The van der Waals surface area contributed by atoms with E-state index in [4.69, 9.17) is 0 Å². The van der Waals surface area contributed by atoms with Crippen molar-refractivity contribution < 1.29 is 8.42 Å². The van der Waals surface area contributed by atoms with Gasteiger partial charge in [0.2, 0.25) is 0 Å². The van der Waals surface area contributed by atoms with E-state index in [-0.39, 0.29) is 4.90 Å². The summed E-state index contributed by atoms with van der Waals surface area (Å²) in [5, 5.41) is 0. The van der Waals surface area contributed by atoms with E-state index < -0.39 is 10.0 Å². The largest absolute Gasteiger partial charge is 0.269 e. The highest BCUT2D eigenvalue weighted by Gasteiger charge is 2.24. The first-order valence-electron chi connectivity index (χ1n) is 8.48. The summed E-state index contributed by atoms with van der Waals surface area (Å²) in [6.07, 6.45) is 0.441. The van der Waals surface area contributed by atoms with E-state index in [0.717, 1.165) is 14.7 Å². The fourth-order valence-corrected chi connectivity index (χ4v) is 4.88. The van der Waals surface area contributed by atoms with Gasteiger partial charge in [-0.25, -0.2) is 17.4 Å². The number of aryl methyl sites for hydroxylation is 1. The molecule has 0 atom stereocenters. The highest BCUT2D eigenvalue weighted by atomic mass is 127. The first-order chi connectivity index (χ1) is 12.9. The van der Waals surface area contributed by atoms with E-state index in [1.807, 2.05) is 61.5 Å². The molecule has 0 N–H and O–H groups in total. The lowest BCUT2D eigenvalue weighted by atomic mass is 10.1. The average Bonchev–Trinajstić information content (AvgIpc) is 3.02. The molecule has 6 heteroatoms. The third-order valence-electron chi connectivity index (χ3n) is 4.42. The van der Waals surface area contributed by atoms with Crippen LogP contribution in [-0.4, -0.2) is 17.4 Å². The zero-order chi connectivity index (χ0) is 19.0. The van der Waals surface area contributed by atoms with Crippen LogP contribution < -0.4 is 0 Å². The van der Waals surface area contributed by atoms with Crippen LogP contribution in [0.2, 0.25) is 0 Å². The SMILES string of the molecule is Cc1ccc(S(=O)(=O)n2c(Cc3ccc(I)cc3)nc3ccccc32)cc1. The van der Waals surface area contributed by atoms with E-state index >= 15 is 0 Å². The van der Waals surface area contributed by atoms with E-state index in [9.17, 15) is 8.42 Å². The van der Waals surface area contributed by atoms with Crippen LogP contribution in [-0.2, 0) is 16.4 Å². The van der Waals surface area contributed by atoms with E-state index in [1.54, 1.807) is 18.2 Å². The summed E-state index contributed by atoms with van der Waals surface area (Å²) in [6, 6.07) is 22.3. The van der Waals surface area contributed by atoms with Crippen LogP contribution in [0.1, 0.15) is 17.0 Å². The molecule has 0 aliphatic heterocycles. The molecule has 0 saturated heterocycles. The van der Waals surface area contributed by atoms with Gasteiger partial charge in [-0.05, 0) is 71.5 Å². The summed E-state index contributed by atoms with van der Waals surface area (Å²) in [5.41, 5.74) is 3.31. The molecule has 4 aromatic rings. The second kappa shape index (κ2) is 7.09. The zero-order valence-electron chi connectivity index (χ0n) is 14.6. The number of fused-ring (bicyclic) bond motifs is 1. The van der Waals surface area contributed by atoms with Crippen molar-refractivity contribution in [1.82, 2.24) is 8.96 Å². The topological polar surface area (TPSA) is 52.0 Å². The summed E-state index contributed by atoms with van der Waals surface area (Å²) in [5.74, 6) is 0.512. The minimum absolute atomic E-state index is 0.264. The molecule has 0 radical (unpaired) electrons. The molecule has 3 aromatic carbocycles. The highest BCUT2D eigenvalue weighted by Crippen LogP contribution is 2.25. The first kappa shape index (κ1) is 18.2. The van der Waals surface area contributed by atoms with E-state index in [2.05, 4.69) is 27.6 Å². The van der Waals surface area contributed by atoms with Crippen LogP contribution in [0.25, 0.3) is 11.0 Å². The van der Waals surface area contributed by atoms with Crippen LogP contribution >= 0.6 is 22.6 Å². The van der Waals surface area contributed by atoms with Gasteiger partial charge in [0.15, 0.2) is 0 Å². The Morgan fingerprint density at radius 1 is 0.926 bits per heavy atom. The Hall–Kier alpha value is -2.19. The molecular weight excluding hydrogens is 471 g/mol. The lowest BCUT2D eigenvalue weighted by molar-refractivity contribution is 0.586. The van der Waals surface area contributed by atoms with Gasteiger partial charge < -0.3 is 0 Å². The van der Waals surface area contributed by atoms with Crippen LogP contribution in [0.15, 0.2) is 77.7 Å². The standard InChI is InChI=1S/C21H17IN2O2S/c1-15-6-12-18(13-7-15)27(25,26)24-20-5-3-2-4-19(20)23-21(24)14-16-8-10-17(22)11-9-16/h2-13H,14H2,1H3. The van der Waals surface area contributed by atoms with Crippen LogP contribution in [0, 0.1) is 10.5 Å². The number of aromatic nitrogens is 2. The predicted octanol–water partition coefficient (Wildman–Crippen LogP) is 4.78. The van der Waals surface area contributed by atoms with Gasteiger partial charge in [-0.15, -0.1) is 0 Å². The third-order valence-corrected chi connectivity index (χ3v) is 6.89. The second-order valence-corrected chi connectivity index (χ2v) is 9.43. The fourth-order valence-electron chi connectivity index (χ4n) is 3.03. The minimum Gasteiger partial charge on any atom is -0.232 e. The number of nitrogens with zero attached hydrogens (tertiary/aromatic N) is 2. The molecule has 4 rings (SSSR count). The van der Waals surface area contributed by atoms with Crippen molar-refractivity contribution in [2.45, 2.75) is 18.2 Å². The van der Waals surface area contributed by atoms with Gasteiger partial charge in [-0.2, -0.15) is 0 Å². The van der Waals surface area contributed by atoms with Gasteiger partial charge in [-0.3, -0.25) is 0 Å². The molecule has 4 nitrogen and oxygen atoms in total. The maximum absolute atomic E-state index is 13.4. The van der Waals surface area contributed by atoms with Crippen molar-refractivity contribution >= 4 is 43.6 Å². The average molecular weight is 488 g/mol. The number of imidazole rings is 1. The molecular formula is C21H17IN2O2S. The van der Waals surface area contributed by atoms with Crippen LogP contribution in [0.4, 0.5) is 0 Å². The number of hydrogen-bond acceptors (Lipinski definition) is 3. The lowest BCUT2D eigenvalue weighted by Gasteiger charge is -2.11. The lowest BCUT2D eigenvalue weighted by Crippen LogP contribution is -2.16. The molecule has 1 aromatic heterocycles. The highest BCUT2D eigenvalue weighted by molar-refractivity contribution is 14.1. The molecule has 0 unspecified atom stereocenters. The molecule has 0 spiro atoms. The molecule has 0 fully saturated rings. The van der Waals surface area contributed by atoms with Gasteiger partial charge >= 0.3 is 0 Å². The number of hydrogen-bond donors (Lipinski definition) is 0. The van der Waals surface area contributed by atoms with Crippen molar-refractivity contribution in [2.24, 2.45) is 0 Å². The predicted molar refractivity (Wildman–Crippen MR) is 115 cm³/mol. The first-order valence-corrected chi connectivity index (χ1v) is 11.0. The van der Waals surface area contributed by atoms with Gasteiger partial charge in [0.1, 0.15) is 5.82 Å². The normalized spacial score (nSPS) is 11.8. The van der Waals surface area contributed by atoms with Crippen molar-refractivity contribution in [3.63, 3.8) is 0 Å². The second-order valence-electron chi connectivity index (χ2n) is 6.40. The Morgan fingerprint density at radius 2 is 1.59 bits per heavy atom. The molecule has 0 aliphatic rings. The molecule has 0 aliphatic carbocycles. The summed E-state index contributed by atoms with van der Waals surface area (Å²) < 4.78 is 29.3. The summed E-state index contributed by atoms with van der Waals surface area (Å²) in [6.45, 7) is 1.94. The van der Waals surface area contributed by atoms with Crippen LogP contribution in [0.5, 0.6) is 0 Å². The van der Waals surface area contributed by atoms with Crippen molar-refractivity contribution in [2.75, 3.05) is 0 Å². The third kappa shape index (κ3) is 3.51. The summed E-state index contributed by atoms with van der Waals surface area (Å²) >= 11 is 2.25. The summed E-state index contributed by atoms with van der Waals surface area (Å²) in [7, 11) is -3.75. The Morgan fingerprint density at radius 3 is 2.30 bits per heavy atom. The number of benzene rings is 3. The molecule has 136 valence electrons. The fraction of sp³-hybridized carbons (Fsp3) is 0.0952. The van der Waals surface area contributed by atoms with Crippen LogP contribution in [0.3, 0.4) is 0 Å². The quantitative estimate of drug-likeness (QED) is 0.389.